The molecule has 3 aromatic carbocycles. The van der Waals surface area contributed by atoms with E-state index in [4.69, 9.17) is 18.9 Å². The molecule has 3 atom stereocenters. The van der Waals surface area contributed by atoms with Crippen LogP contribution in [0.4, 0.5) is 0 Å². The van der Waals surface area contributed by atoms with Crippen molar-refractivity contribution in [1.29, 1.82) is 0 Å². The number of amides is 1. The van der Waals surface area contributed by atoms with E-state index in [-0.39, 0.29) is 25.0 Å². The lowest BCUT2D eigenvalue weighted by molar-refractivity contribution is -0.160. The molecule has 0 aromatic heterocycles. The Morgan fingerprint density at radius 1 is 1.05 bits per heavy atom. The van der Waals surface area contributed by atoms with Crippen LogP contribution >= 0.6 is 0 Å². The largest absolute Gasteiger partial charge is 0.493 e. The summed E-state index contributed by atoms with van der Waals surface area (Å²) in [5.74, 6) is -0.443. The molecule has 1 fully saturated rings. The maximum Gasteiger partial charge on any atom is 0.326 e. The molecule has 1 N–H and O–H groups in total. The topological polar surface area (TPSA) is 94.5 Å². The lowest BCUT2D eigenvalue weighted by Crippen LogP contribution is -2.51. The van der Waals surface area contributed by atoms with Gasteiger partial charge in [0, 0.05) is 25.1 Å². The highest BCUT2D eigenvalue weighted by Gasteiger charge is 2.41. The van der Waals surface area contributed by atoms with Gasteiger partial charge in [-0.25, -0.2) is 4.79 Å². The number of carboxylic acid groups (broad SMARTS) is 1. The van der Waals surface area contributed by atoms with Gasteiger partial charge in [0.05, 0.1) is 19.8 Å². The monoisotopic (exact) mass is 517 g/mol. The molecule has 2 aliphatic rings. The van der Waals surface area contributed by atoms with Crippen molar-refractivity contribution in [2.75, 3.05) is 20.3 Å². The van der Waals surface area contributed by atoms with Crippen molar-refractivity contribution in [3.05, 3.63) is 95.1 Å². The average molecular weight is 518 g/mol. The number of methoxy groups -OCH3 is 1. The second kappa shape index (κ2) is 11.7. The van der Waals surface area contributed by atoms with E-state index in [9.17, 15) is 14.7 Å². The van der Waals surface area contributed by atoms with Gasteiger partial charge in [0.15, 0.2) is 17.6 Å². The number of ether oxygens (including phenoxy) is 4. The van der Waals surface area contributed by atoms with E-state index in [0.29, 0.717) is 43.3 Å². The highest BCUT2D eigenvalue weighted by molar-refractivity contribution is 5.88. The van der Waals surface area contributed by atoms with Crippen LogP contribution in [0.5, 0.6) is 11.5 Å². The van der Waals surface area contributed by atoms with Crippen LogP contribution < -0.4 is 9.47 Å². The smallest absolute Gasteiger partial charge is 0.326 e. The minimum absolute atomic E-state index is 0.0891. The summed E-state index contributed by atoms with van der Waals surface area (Å²) in [6.45, 7) is 1.40. The fraction of sp³-hybridized carbons (Fsp3) is 0.333. The first kappa shape index (κ1) is 25.8. The molecule has 198 valence electrons. The normalized spacial score (nSPS) is 19.4. The summed E-state index contributed by atoms with van der Waals surface area (Å²) >= 11 is 0. The van der Waals surface area contributed by atoms with Gasteiger partial charge >= 0.3 is 5.97 Å². The highest BCUT2D eigenvalue weighted by Crippen LogP contribution is 2.40. The van der Waals surface area contributed by atoms with Crippen molar-refractivity contribution in [2.45, 2.75) is 44.2 Å². The van der Waals surface area contributed by atoms with Crippen LogP contribution in [0.3, 0.4) is 0 Å². The molecular formula is C30H31NO7. The van der Waals surface area contributed by atoms with Crippen molar-refractivity contribution >= 4 is 11.9 Å². The second-order valence-electron chi connectivity index (χ2n) is 9.45. The Kier molecular flexibility index (Phi) is 7.91. The van der Waals surface area contributed by atoms with Crippen molar-refractivity contribution in [3.63, 3.8) is 0 Å². The summed E-state index contributed by atoms with van der Waals surface area (Å²) in [5.41, 5.74) is 3.21. The standard InChI is InChI=1S/C30H31NO7/c1-35-26-13-12-22-17-31(29(32)27(21-10-6-3-7-11-21)38-23-14-15-36-19-23)25(30(33)34)16-24(22)28(26)37-18-20-8-4-2-5-9-20/h2-13,23,25,27H,14-19H2,1H3,(H,33,34)/t23-,25+,27-/m1/s1. The number of carbonyl (C=O) groups excluding carboxylic acids is 1. The van der Waals surface area contributed by atoms with Crippen molar-refractivity contribution in [1.82, 2.24) is 4.90 Å². The van der Waals surface area contributed by atoms with E-state index in [2.05, 4.69) is 0 Å². The predicted molar refractivity (Wildman–Crippen MR) is 139 cm³/mol. The summed E-state index contributed by atoms with van der Waals surface area (Å²) in [5, 5.41) is 10.2. The number of carbonyl (C=O) groups is 2. The van der Waals surface area contributed by atoms with Gasteiger partial charge < -0.3 is 29.0 Å². The molecule has 0 spiro atoms. The zero-order valence-electron chi connectivity index (χ0n) is 21.2. The Balaban J connectivity index is 1.46. The van der Waals surface area contributed by atoms with Gasteiger partial charge in [-0.1, -0.05) is 66.7 Å². The minimum Gasteiger partial charge on any atom is -0.493 e. The number of benzene rings is 3. The van der Waals surface area contributed by atoms with Crippen molar-refractivity contribution < 1.29 is 33.6 Å². The van der Waals surface area contributed by atoms with Gasteiger partial charge in [0.25, 0.3) is 5.91 Å². The lowest BCUT2D eigenvalue weighted by Gasteiger charge is -2.37. The predicted octanol–water partition coefficient (Wildman–Crippen LogP) is 4.16. The molecule has 8 nitrogen and oxygen atoms in total. The molecule has 3 aromatic rings. The molecule has 1 amide bonds. The number of rotatable bonds is 9. The summed E-state index contributed by atoms with van der Waals surface area (Å²) in [6, 6.07) is 21.5. The first-order valence-corrected chi connectivity index (χ1v) is 12.7. The van der Waals surface area contributed by atoms with Gasteiger partial charge in [-0.3, -0.25) is 4.79 Å². The van der Waals surface area contributed by atoms with E-state index >= 15 is 0 Å². The van der Waals surface area contributed by atoms with Crippen LogP contribution in [-0.2, 0) is 38.6 Å². The van der Waals surface area contributed by atoms with Crippen LogP contribution in [-0.4, -0.2) is 54.4 Å². The van der Waals surface area contributed by atoms with Crippen LogP contribution in [0.1, 0.15) is 34.8 Å². The molecule has 0 radical (unpaired) electrons. The van der Waals surface area contributed by atoms with E-state index in [1.807, 2.05) is 66.7 Å². The maximum atomic E-state index is 14.0. The molecule has 0 unspecified atom stereocenters. The van der Waals surface area contributed by atoms with E-state index < -0.39 is 18.1 Å². The molecule has 1 saturated heterocycles. The lowest BCUT2D eigenvalue weighted by atomic mass is 9.91. The molecule has 2 heterocycles. The third-order valence-electron chi connectivity index (χ3n) is 6.99. The van der Waals surface area contributed by atoms with Crippen LogP contribution in [0.15, 0.2) is 72.8 Å². The Morgan fingerprint density at radius 2 is 1.79 bits per heavy atom. The zero-order chi connectivity index (χ0) is 26.5. The van der Waals surface area contributed by atoms with Crippen LogP contribution in [0, 0.1) is 0 Å². The van der Waals surface area contributed by atoms with Crippen molar-refractivity contribution in [2.24, 2.45) is 0 Å². The van der Waals surface area contributed by atoms with E-state index in [1.165, 1.54) is 4.90 Å². The molecule has 0 saturated carbocycles. The van der Waals surface area contributed by atoms with Gasteiger partial charge in [0.1, 0.15) is 12.6 Å². The first-order chi connectivity index (χ1) is 18.5. The molecule has 38 heavy (non-hydrogen) atoms. The first-order valence-electron chi connectivity index (χ1n) is 12.7. The number of fused-ring (bicyclic) bond motifs is 1. The third-order valence-corrected chi connectivity index (χ3v) is 6.99. The fourth-order valence-electron chi connectivity index (χ4n) is 4.99. The van der Waals surface area contributed by atoms with Gasteiger partial charge in [-0.15, -0.1) is 0 Å². The van der Waals surface area contributed by atoms with E-state index in [0.717, 1.165) is 16.7 Å². The fourth-order valence-corrected chi connectivity index (χ4v) is 4.99. The zero-order valence-corrected chi connectivity index (χ0v) is 21.2. The Bertz CT molecular complexity index is 1260. The van der Waals surface area contributed by atoms with Gasteiger partial charge in [0.2, 0.25) is 0 Å². The molecule has 0 aliphatic carbocycles. The Morgan fingerprint density at radius 3 is 2.45 bits per heavy atom. The molecule has 5 rings (SSSR count). The maximum absolute atomic E-state index is 14.0. The Labute approximate surface area is 221 Å². The van der Waals surface area contributed by atoms with Crippen molar-refractivity contribution in [3.8, 4) is 11.5 Å². The number of carboxylic acids is 1. The molecule has 0 bridgehead atoms. The minimum atomic E-state index is -1.09. The number of hydrogen-bond acceptors (Lipinski definition) is 6. The third kappa shape index (κ3) is 5.51. The number of aliphatic carboxylic acids is 1. The summed E-state index contributed by atoms with van der Waals surface area (Å²) in [7, 11) is 1.55. The second-order valence-corrected chi connectivity index (χ2v) is 9.45. The Hall–Kier alpha value is -3.88. The number of nitrogens with zero attached hydrogens (tertiary/aromatic N) is 1. The quantitative estimate of drug-likeness (QED) is 0.456. The summed E-state index contributed by atoms with van der Waals surface area (Å²) < 4.78 is 23.4. The highest BCUT2D eigenvalue weighted by atomic mass is 16.6. The number of hydrogen-bond donors (Lipinski definition) is 1. The molecule has 8 heteroatoms. The molecular weight excluding hydrogens is 486 g/mol. The van der Waals surface area contributed by atoms with E-state index in [1.54, 1.807) is 13.2 Å². The SMILES string of the molecule is COc1ccc2c(c1OCc1ccccc1)C[C@@H](C(=O)O)N(C(=O)[C@H](O[C@@H]1CCOC1)c1ccccc1)C2. The van der Waals surface area contributed by atoms with Crippen LogP contribution in [0.2, 0.25) is 0 Å². The summed E-state index contributed by atoms with van der Waals surface area (Å²) in [6.07, 6.45) is -0.389. The molecule has 2 aliphatic heterocycles. The summed E-state index contributed by atoms with van der Waals surface area (Å²) in [4.78, 5) is 27.9. The average Bonchev–Trinajstić information content (AvgIpc) is 3.48. The van der Waals surface area contributed by atoms with Gasteiger partial charge in [-0.2, -0.15) is 0 Å². The van der Waals surface area contributed by atoms with Gasteiger partial charge in [-0.05, 0) is 29.2 Å². The van der Waals surface area contributed by atoms with Crippen LogP contribution in [0.25, 0.3) is 0 Å².